The largest absolute Gasteiger partial charge is 0.391 e. The van der Waals surface area contributed by atoms with Crippen LogP contribution < -0.4 is 16.0 Å². The molecule has 594 valence electrons. The first-order valence-corrected chi connectivity index (χ1v) is 38.0. The van der Waals surface area contributed by atoms with E-state index in [1.807, 2.05) is 0 Å². The molecule has 7 rings (SSSR count). The van der Waals surface area contributed by atoms with Gasteiger partial charge in [0.15, 0.2) is 0 Å². The Hall–Kier alpha value is -6.86. The second-order valence-corrected chi connectivity index (χ2v) is 31.0. The van der Waals surface area contributed by atoms with E-state index in [0.29, 0.717) is 57.8 Å². The molecule has 26 nitrogen and oxygen atoms in total. The Morgan fingerprint density at radius 1 is 0.638 bits per heavy atom. The molecule has 3 heterocycles. The first kappa shape index (κ1) is 85.4. The zero-order valence-corrected chi connectivity index (χ0v) is 63.5. The molecule has 3 N–H and O–H groups in total. The second-order valence-electron chi connectivity index (χ2n) is 31.0. The van der Waals surface area contributed by atoms with Crippen LogP contribution in [0.5, 0.6) is 0 Å². The third-order valence-corrected chi connectivity index (χ3v) is 23.7. The average molecular weight is 1500 g/mol. The fourth-order valence-electron chi connectivity index (χ4n) is 16.9. The summed E-state index contributed by atoms with van der Waals surface area (Å²) in [5, 5.41) is 8.58. The van der Waals surface area contributed by atoms with Crippen LogP contribution in [0.15, 0.2) is 0 Å². The van der Waals surface area contributed by atoms with E-state index >= 15 is 33.2 Å². The van der Waals surface area contributed by atoms with Gasteiger partial charge >= 0.3 is 12.8 Å². The molecule has 1 spiro atoms. The molecule has 3 aliphatic heterocycles. The molecular formula is C73H116F6N12O14. The summed E-state index contributed by atoms with van der Waals surface area (Å²) in [5.74, 6) is -12.3. The monoisotopic (exact) mass is 1500 g/mol. The lowest BCUT2D eigenvalue weighted by atomic mass is 9.74. The molecule has 105 heavy (non-hydrogen) atoms. The number of likely N-dealkylation sites (N-methyl/N-ethyl adjacent to an activating group) is 7. The third-order valence-electron chi connectivity index (χ3n) is 23.7. The van der Waals surface area contributed by atoms with Gasteiger partial charge in [-0.3, -0.25) is 57.5 Å². The van der Waals surface area contributed by atoms with Gasteiger partial charge in [-0.25, -0.2) is 4.39 Å². The lowest BCUT2D eigenvalue weighted by molar-refractivity contribution is -0.188. The summed E-state index contributed by atoms with van der Waals surface area (Å²) >= 11 is 0. The molecule has 3 saturated heterocycles. The van der Waals surface area contributed by atoms with Crippen LogP contribution in [-0.4, -0.2) is 289 Å². The van der Waals surface area contributed by atoms with Crippen molar-refractivity contribution < 1.29 is 93.4 Å². The van der Waals surface area contributed by atoms with Crippen LogP contribution in [-0.2, 0) is 67.0 Å². The van der Waals surface area contributed by atoms with Crippen LogP contribution in [0.2, 0.25) is 0 Å². The Balaban J connectivity index is 1.30. The van der Waals surface area contributed by atoms with Crippen LogP contribution in [0.4, 0.5) is 26.3 Å². The van der Waals surface area contributed by atoms with Crippen molar-refractivity contribution in [1.82, 2.24) is 60.0 Å². The number of carbonyl (C=O) groups is 12. The van der Waals surface area contributed by atoms with Crippen molar-refractivity contribution in [3.05, 3.63) is 0 Å². The van der Waals surface area contributed by atoms with Crippen molar-refractivity contribution in [3.8, 4) is 0 Å². The molecule has 4 aliphatic carbocycles. The highest BCUT2D eigenvalue weighted by atomic mass is 19.4. The fraction of sp³-hybridized carbons (Fsp3) is 0.836. The Labute approximate surface area is 614 Å². The van der Waals surface area contributed by atoms with Crippen LogP contribution in [0.1, 0.15) is 188 Å². The Morgan fingerprint density at radius 3 is 1.86 bits per heavy atom. The van der Waals surface area contributed by atoms with E-state index in [1.165, 1.54) is 80.9 Å². The number of halogens is 6. The zero-order chi connectivity index (χ0) is 77.7. The van der Waals surface area contributed by atoms with Gasteiger partial charge in [0.2, 0.25) is 70.9 Å². The Morgan fingerprint density at radius 2 is 1.28 bits per heavy atom. The average Bonchev–Trinajstić information content (AvgIpc) is 1.69. The van der Waals surface area contributed by atoms with Crippen LogP contribution in [0.25, 0.3) is 0 Å². The molecule has 2 bridgehead atoms. The number of hydrogen-bond donors (Lipinski definition) is 3. The molecular weight excluding hydrogens is 1380 g/mol. The summed E-state index contributed by atoms with van der Waals surface area (Å²) < 4.78 is 95.2. The first-order valence-electron chi connectivity index (χ1n) is 38.0. The van der Waals surface area contributed by atoms with Gasteiger partial charge in [-0.1, -0.05) is 52.9 Å². The molecule has 13 atom stereocenters. The third kappa shape index (κ3) is 21.1. The molecule has 32 heteroatoms. The lowest BCUT2D eigenvalue weighted by Crippen LogP contribution is -2.68. The highest BCUT2D eigenvalue weighted by Crippen LogP contribution is 2.43. The van der Waals surface area contributed by atoms with E-state index in [1.54, 1.807) is 27.7 Å². The fourth-order valence-corrected chi connectivity index (χ4v) is 16.9. The predicted molar refractivity (Wildman–Crippen MR) is 373 cm³/mol. The van der Waals surface area contributed by atoms with E-state index in [2.05, 4.69) is 20.7 Å². The predicted octanol–water partition coefficient (Wildman–Crippen LogP) is 5.42. The number of carbonyl (C=O) groups excluding carboxylic acids is 12. The number of nitrogens with one attached hydrogen (secondary N) is 3. The van der Waals surface area contributed by atoms with Crippen molar-refractivity contribution in [1.29, 1.82) is 0 Å². The highest BCUT2D eigenvalue weighted by molar-refractivity contribution is 6.01. The van der Waals surface area contributed by atoms with Gasteiger partial charge in [0.25, 0.3) is 0 Å². The summed E-state index contributed by atoms with van der Waals surface area (Å²) in [6.45, 7) is 2.23. The van der Waals surface area contributed by atoms with Gasteiger partial charge in [0.1, 0.15) is 60.0 Å². The minimum Gasteiger partial charge on any atom is -0.377 e. The second kappa shape index (κ2) is 37.8. The van der Waals surface area contributed by atoms with Gasteiger partial charge < -0.3 is 69.5 Å². The maximum absolute atomic E-state index is 15.6. The number of alkyl halides is 6. The van der Waals surface area contributed by atoms with Crippen molar-refractivity contribution in [2.24, 2.45) is 29.6 Å². The van der Waals surface area contributed by atoms with Gasteiger partial charge in [0, 0.05) is 82.5 Å². The van der Waals surface area contributed by atoms with E-state index in [9.17, 15) is 50.7 Å². The van der Waals surface area contributed by atoms with E-state index in [-0.39, 0.29) is 116 Å². The van der Waals surface area contributed by atoms with Crippen LogP contribution in [0.3, 0.4) is 0 Å². The smallest absolute Gasteiger partial charge is 0.377 e. The SMILES string of the molecule is CCO[C@@H]1C[C@H]2C(=O)NC3(CCC3)C(=O)N(C)[C@@H](C3CCCC3)C(=O)N(C)[C@H](C(=O)N(C)C)CC(=O)N(C)[C@@H](CC)C(=O)N[C@@H]([C@@H](C)CC)C(=O)N(C)CC(=O)N(C)[C@H]3CCCCCN(C3=O)[C@@H](CC3CCC(C(F)(F)F)CC3)C(=O)N(C)CC(=O)N[C@@H](CCC3CCC(OC(F)F)C(F)C3)C(=O)N2C1. The first-order chi connectivity index (χ1) is 49.5. The molecule has 7 aliphatic rings. The summed E-state index contributed by atoms with van der Waals surface area (Å²) in [7, 11) is 11.1. The molecule has 7 fully saturated rings. The number of rotatable bonds is 14. The zero-order valence-electron chi connectivity index (χ0n) is 63.5. The normalized spacial score (nSPS) is 31.5. The molecule has 0 aromatic carbocycles. The molecule has 0 aromatic rings. The maximum Gasteiger partial charge on any atom is 0.391 e. The summed E-state index contributed by atoms with van der Waals surface area (Å²) in [4.78, 5) is 191. The Kier molecular flexibility index (Phi) is 30.7. The number of amides is 12. The van der Waals surface area contributed by atoms with Crippen LogP contribution in [0, 0.1) is 29.6 Å². The van der Waals surface area contributed by atoms with Crippen molar-refractivity contribution in [3.63, 3.8) is 0 Å². The standard InChI is InChI=1S/C73H116F6N12O14/c1-13-43(4)60-68(101)85(8)42-59(94)87(10)52-24-17-16-20-35-90(67(52)100)55(37-45-25-29-47(30-26-45)73(77,78)79)66(99)84(7)41-57(92)80-50(31-27-44-28-32-56(49(74)36-44)105-71(75)76)64(97)91-40-48(104-15-3)38-53(91)63(96)82-72(33-21-34-72)70(103)89(12)61(46-22-18-19-23-46)69(102)88(11)54(65(98)83(5)6)39-58(93)86(9)51(14-2)62(95)81-60/h43-56,60-61,71H,13-42H2,1-12H3,(H,80,92)(H,81,95)(H,82,96)/t43-,44?,45?,47?,48+,49?,50-,51-,52-,53-,54-,55-,56?,60-,61-/m0/s1. The quantitative estimate of drug-likeness (QED) is 0.183. The van der Waals surface area contributed by atoms with Gasteiger partial charge in [-0.05, 0) is 146 Å². The highest BCUT2D eigenvalue weighted by Gasteiger charge is 2.54. The molecule has 3 unspecified atom stereocenters. The molecule has 0 aromatic heterocycles. The van der Waals surface area contributed by atoms with Crippen molar-refractivity contribution >= 4 is 70.9 Å². The van der Waals surface area contributed by atoms with Gasteiger partial charge in [-0.2, -0.15) is 22.0 Å². The number of fused-ring (bicyclic) bond motifs is 3. The minimum atomic E-state index is -4.47. The lowest BCUT2D eigenvalue weighted by Gasteiger charge is -2.46. The van der Waals surface area contributed by atoms with Crippen LogP contribution >= 0.6 is 0 Å². The molecule has 4 saturated carbocycles. The number of hydrogen-bond acceptors (Lipinski definition) is 14. The number of nitrogens with zero attached hydrogens (tertiary/aromatic N) is 9. The summed E-state index contributed by atoms with van der Waals surface area (Å²) in [6.07, 6.45) is -4.85. The van der Waals surface area contributed by atoms with Crippen molar-refractivity contribution in [2.75, 3.05) is 89.2 Å². The molecule has 12 amide bonds. The van der Waals surface area contributed by atoms with Gasteiger partial charge in [-0.15, -0.1) is 0 Å². The van der Waals surface area contributed by atoms with E-state index < -0.39 is 205 Å². The summed E-state index contributed by atoms with van der Waals surface area (Å²) in [5.41, 5.74) is -1.62. The topological polar surface area (TPSA) is 289 Å². The maximum atomic E-state index is 15.6. The van der Waals surface area contributed by atoms with Gasteiger partial charge in [0.05, 0.1) is 37.6 Å². The van der Waals surface area contributed by atoms with Crippen molar-refractivity contribution in [2.45, 2.75) is 273 Å². The Bertz CT molecular complexity index is 3060. The molecule has 0 radical (unpaired) electrons. The van der Waals surface area contributed by atoms with E-state index in [4.69, 9.17) is 4.74 Å². The minimum absolute atomic E-state index is 0.0215. The van der Waals surface area contributed by atoms with E-state index in [0.717, 1.165) is 19.6 Å². The summed E-state index contributed by atoms with van der Waals surface area (Å²) in [6, 6.07) is -10.7. The number of ether oxygens (including phenoxy) is 2.